The Hall–Kier alpha value is -0.680. The number of hydrogen-bond donors (Lipinski definition) is 4. The van der Waals surface area contributed by atoms with Crippen molar-refractivity contribution in [3.8, 4) is 0 Å². The SMILES string of the molecule is CC1=CC[C@@H]([C@@](C)(O)[C@@H]2C[C@H]2C(C)(C)O)CC1.CC1=CC[C@@H]([C@@](C)(O)[C@@H]2C[C@H]2C(C)(C)O)CC1. The predicted octanol–water partition coefficient (Wildman–Crippen LogP) is 5.78. The van der Waals surface area contributed by atoms with Gasteiger partial charge in [-0.25, -0.2) is 0 Å². The molecule has 8 atom stereocenters. The first-order valence-electron chi connectivity index (χ1n) is 13.7. The van der Waals surface area contributed by atoms with Crippen molar-refractivity contribution in [3.05, 3.63) is 23.3 Å². The zero-order chi connectivity index (χ0) is 25.7. The number of rotatable bonds is 6. The second-order valence-electron chi connectivity index (χ2n) is 13.7. The zero-order valence-electron chi connectivity index (χ0n) is 23.1. The third kappa shape index (κ3) is 6.35. The van der Waals surface area contributed by atoms with Crippen LogP contribution in [-0.2, 0) is 0 Å². The van der Waals surface area contributed by atoms with Crippen LogP contribution in [-0.4, -0.2) is 42.8 Å². The predicted molar refractivity (Wildman–Crippen MR) is 139 cm³/mol. The molecule has 4 aliphatic carbocycles. The summed E-state index contributed by atoms with van der Waals surface area (Å²) in [5.74, 6) is 1.82. The third-order valence-corrected chi connectivity index (χ3v) is 9.83. The van der Waals surface area contributed by atoms with Crippen molar-refractivity contribution < 1.29 is 20.4 Å². The molecule has 34 heavy (non-hydrogen) atoms. The van der Waals surface area contributed by atoms with E-state index in [1.54, 1.807) is 0 Å². The molecule has 0 unspecified atom stereocenters. The minimum absolute atomic E-state index is 0.268. The Morgan fingerprint density at radius 1 is 0.588 bits per heavy atom. The monoisotopic (exact) mass is 476 g/mol. The number of aliphatic hydroxyl groups is 4. The molecule has 2 saturated carbocycles. The zero-order valence-corrected chi connectivity index (χ0v) is 23.1. The molecule has 4 heteroatoms. The quantitative estimate of drug-likeness (QED) is 0.366. The van der Waals surface area contributed by atoms with Gasteiger partial charge < -0.3 is 20.4 Å². The van der Waals surface area contributed by atoms with E-state index >= 15 is 0 Å². The molecule has 0 aromatic rings. The van der Waals surface area contributed by atoms with Gasteiger partial charge in [-0.15, -0.1) is 0 Å². The molecule has 0 heterocycles. The van der Waals surface area contributed by atoms with E-state index in [1.165, 1.54) is 11.1 Å². The van der Waals surface area contributed by atoms with Crippen LogP contribution >= 0.6 is 0 Å². The highest BCUT2D eigenvalue weighted by Gasteiger charge is 2.58. The molecular formula is C30H52O4. The fourth-order valence-electron chi connectivity index (χ4n) is 6.84. The largest absolute Gasteiger partial charge is 0.390 e. The Balaban J connectivity index is 0.000000191. The van der Waals surface area contributed by atoms with Crippen LogP contribution in [0, 0.1) is 35.5 Å². The van der Waals surface area contributed by atoms with Gasteiger partial charge >= 0.3 is 0 Å². The normalized spacial score (nSPS) is 37.3. The van der Waals surface area contributed by atoms with E-state index in [-0.39, 0.29) is 23.7 Å². The van der Waals surface area contributed by atoms with Gasteiger partial charge in [0.2, 0.25) is 0 Å². The lowest BCUT2D eigenvalue weighted by molar-refractivity contribution is -0.0470. The van der Waals surface area contributed by atoms with Gasteiger partial charge in [-0.05, 0) is 142 Å². The molecule has 4 nitrogen and oxygen atoms in total. The Kier molecular flexibility index (Phi) is 7.92. The van der Waals surface area contributed by atoms with Crippen LogP contribution in [0.25, 0.3) is 0 Å². The van der Waals surface area contributed by atoms with Gasteiger partial charge in [-0.1, -0.05) is 23.3 Å². The van der Waals surface area contributed by atoms with Crippen molar-refractivity contribution in [1.29, 1.82) is 0 Å². The number of hydrogen-bond acceptors (Lipinski definition) is 4. The van der Waals surface area contributed by atoms with Crippen LogP contribution in [0.15, 0.2) is 23.3 Å². The van der Waals surface area contributed by atoms with Crippen LogP contribution in [0.4, 0.5) is 0 Å². The minimum atomic E-state index is -0.644. The summed E-state index contributed by atoms with van der Waals surface area (Å²) in [5, 5.41) is 41.5. The van der Waals surface area contributed by atoms with Crippen molar-refractivity contribution in [2.45, 2.75) is 129 Å². The lowest BCUT2D eigenvalue weighted by Crippen LogP contribution is -2.40. The van der Waals surface area contributed by atoms with Crippen molar-refractivity contribution in [2.24, 2.45) is 35.5 Å². The van der Waals surface area contributed by atoms with Gasteiger partial charge in [0.05, 0.1) is 22.4 Å². The first-order chi connectivity index (χ1) is 15.5. The molecule has 4 N–H and O–H groups in total. The average molecular weight is 477 g/mol. The van der Waals surface area contributed by atoms with Crippen LogP contribution in [0.5, 0.6) is 0 Å². The molecule has 0 amide bonds. The topological polar surface area (TPSA) is 80.9 Å². The number of allylic oxidation sites excluding steroid dienone is 4. The van der Waals surface area contributed by atoms with E-state index in [0.29, 0.717) is 11.8 Å². The average Bonchev–Trinajstić information content (AvgIpc) is 3.60. The fraction of sp³-hybridized carbons (Fsp3) is 0.867. The summed E-state index contributed by atoms with van der Waals surface area (Å²) in [4.78, 5) is 0. The summed E-state index contributed by atoms with van der Waals surface area (Å²) in [6.07, 6.45) is 12.9. The maximum Gasteiger partial charge on any atom is 0.0682 e. The molecule has 0 aromatic heterocycles. The highest BCUT2D eigenvalue weighted by molar-refractivity contribution is 5.13. The molecule has 0 radical (unpaired) electrons. The summed E-state index contributed by atoms with van der Waals surface area (Å²) in [5.41, 5.74) is 0.396. The molecule has 0 aliphatic heterocycles. The second kappa shape index (κ2) is 9.65. The van der Waals surface area contributed by atoms with Crippen LogP contribution in [0.1, 0.15) is 107 Å². The van der Waals surface area contributed by atoms with Crippen LogP contribution in [0.2, 0.25) is 0 Å². The van der Waals surface area contributed by atoms with Gasteiger partial charge in [0.25, 0.3) is 0 Å². The smallest absolute Gasteiger partial charge is 0.0682 e. The van der Waals surface area contributed by atoms with Gasteiger partial charge in [0.15, 0.2) is 0 Å². The molecule has 0 spiro atoms. The highest BCUT2D eigenvalue weighted by Crippen LogP contribution is 2.56. The van der Waals surface area contributed by atoms with Gasteiger partial charge in [-0.3, -0.25) is 0 Å². The Bertz CT molecular complexity index is 711. The van der Waals surface area contributed by atoms with E-state index < -0.39 is 22.4 Å². The molecule has 0 bridgehead atoms. The summed E-state index contributed by atoms with van der Waals surface area (Å²) in [7, 11) is 0. The van der Waals surface area contributed by atoms with Crippen molar-refractivity contribution >= 4 is 0 Å². The molecule has 4 rings (SSSR count). The maximum atomic E-state index is 10.8. The van der Waals surface area contributed by atoms with Crippen molar-refractivity contribution in [3.63, 3.8) is 0 Å². The van der Waals surface area contributed by atoms with Crippen LogP contribution in [0.3, 0.4) is 0 Å². The van der Waals surface area contributed by atoms with E-state index in [1.807, 2.05) is 41.5 Å². The third-order valence-electron chi connectivity index (χ3n) is 9.83. The molecule has 196 valence electrons. The summed E-state index contributed by atoms with van der Waals surface area (Å²) < 4.78 is 0. The molecule has 2 fully saturated rings. The Labute approximate surface area is 208 Å². The maximum absolute atomic E-state index is 10.8. The highest BCUT2D eigenvalue weighted by atomic mass is 16.3. The van der Waals surface area contributed by atoms with E-state index in [2.05, 4.69) is 26.0 Å². The van der Waals surface area contributed by atoms with Gasteiger partial charge in [-0.2, -0.15) is 0 Å². The standard InChI is InChI=1S/2C15H26O2/c2*1-10-5-7-11(8-6-10)15(4,17)13-9-12(13)14(2,3)16/h2*5,11-13,16-17H,6-9H2,1-4H3/t2*11-,12-,13-,15-/m11/s1. The van der Waals surface area contributed by atoms with E-state index in [9.17, 15) is 20.4 Å². The molecule has 4 aliphatic rings. The van der Waals surface area contributed by atoms with Gasteiger partial charge in [0, 0.05) is 0 Å². The molecular weight excluding hydrogens is 424 g/mol. The second-order valence-corrected chi connectivity index (χ2v) is 13.7. The fourth-order valence-corrected chi connectivity index (χ4v) is 6.84. The lowest BCUT2D eigenvalue weighted by Gasteiger charge is -2.36. The van der Waals surface area contributed by atoms with E-state index in [4.69, 9.17) is 0 Å². The first kappa shape index (κ1) is 27.9. The lowest BCUT2D eigenvalue weighted by atomic mass is 9.75. The van der Waals surface area contributed by atoms with Crippen molar-refractivity contribution in [1.82, 2.24) is 0 Å². The van der Waals surface area contributed by atoms with Gasteiger partial charge in [0.1, 0.15) is 0 Å². The molecule has 0 aromatic carbocycles. The van der Waals surface area contributed by atoms with Crippen molar-refractivity contribution in [2.75, 3.05) is 0 Å². The Morgan fingerprint density at radius 3 is 1.12 bits per heavy atom. The first-order valence-corrected chi connectivity index (χ1v) is 13.7. The molecule has 0 saturated heterocycles. The van der Waals surface area contributed by atoms with E-state index in [0.717, 1.165) is 51.4 Å². The summed E-state index contributed by atoms with van der Waals surface area (Å²) in [6.45, 7) is 15.7. The summed E-state index contributed by atoms with van der Waals surface area (Å²) in [6, 6.07) is 0. The van der Waals surface area contributed by atoms with Crippen LogP contribution < -0.4 is 0 Å². The minimum Gasteiger partial charge on any atom is -0.390 e. The Morgan fingerprint density at radius 2 is 0.912 bits per heavy atom. The summed E-state index contributed by atoms with van der Waals surface area (Å²) >= 11 is 0.